The van der Waals surface area contributed by atoms with Crippen LogP contribution in [-0.4, -0.2) is 10.8 Å². The summed E-state index contributed by atoms with van der Waals surface area (Å²) in [5.41, 5.74) is 1.06. The maximum Gasteiger partial charge on any atom is 0.164 e. The van der Waals surface area contributed by atoms with Gasteiger partial charge in [0.2, 0.25) is 0 Å². The van der Waals surface area contributed by atoms with E-state index < -0.39 is 5.82 Å². The number of carbonyl (C=O) groups is 1. The molecular formula is C14H11ClFNO. The molecule has 0 fully saturated rings. The molecule has 92 valence electrons. The summed E-state index contributed by atoms with van der Waals surface area (Å²) in [6.07, 6.45) is 2.46. The van der Waals surface area contributed by atoms with Crippen molar-refractivity contribution in [3.8, 4) is 0 Å². The van der Waals surface area contributed by atoms with Gasteiger partial charge in [0, 0.05) is 23.9 Å². The first-order valence-electron chi connectivity index (χ1n) is 5.55. The highest BCUT2D eigenvalue weighted by molar-refractivity contribution is 6.33. The van der Waals surface area contributed by atoms with Gasteiger partial charge in [0.15, 0.2) is 5.78 Å². The average Bonchev–Trinajstić information content (AvgIpc) is 2.40. The predicted molar refractivity (Wildman–Crippen MR) is 68.3 cm³/mol. The van der Waals surface area contributed by atoms with Gasteiger partial charge >= 0.3 is 0 Å². The molecule has 1 aromatic heterocycles. The molecule has 2 aromatic rings. The molecule has 0 spiro atoms. The van der Waals surface area contributed by atoms with E-state index in [-0.39, 0.29) is 22.8 Å². The Balaban J connectivity index is 2.06. The number of Topliss-reactive ketones (excluding diaryl/α,β-unsaturated/α-hetero) is 1. The fourth-order valence-electron chi connectivity index (χ4n) is 1.63. The van der Waals surface area contributed by atoms with Gasteiger partial charge in [-0.3, -0.25) is 9.78 Å². The Kier molecular flexibility index (Phi) is 4.05. The zero-order valence-corrected chi connectivity index (χ0v) is 10.3. The largest absolute Gasteiger partial charge is 0.294 e. The minimum Gasteiger partial charge on any atom is -0.294 e. The van der Waals surface area contributed by atoms with Crippen molar-refractivity contribution >= 4 is 17.4 Å². The van der Waals surface area contributed by atoms with Crippen LogP contribution in [0.3, 0.4) is 0 Å². The number of hydrogen-bond acceptors (Lipinski definition) is 2. The van der Waals surface area contributed by atoms with Crippen molar-refractivity contribution in [2.24, 2.45) is 0 Å². The fourth-order valence-corrected chi connectivity index (χ4v) is 1.86. The smallest absolute Gasteiger partial charge is 0.164 e. The molecule has 0 amide bonds. The van der Waals surface area contributed by atoms with Gasteiger partial charge in [-0.1, -0.05) is 17.7 Å². The van der Waals surface area contributed by atoms with Crippen LogP contribution in [0.5, 0.6) is 0 Å². The van der Waals surface area contributed by atoms with E-state index in [1.165, 1.54) is 18.2 Å². The van der Waals surface area contributed by atoms with E-state index >= 15 is 0 Å². The first-order chi connectivity index (χ1) is 8.66. The molecule has 2 nitrogen and oxygen atoms in total. The molecule has 18 heavy (non-hydrogen) atoms. The summed E-state index contributed by atoms with van der Waals surface area (Å²) in [6.45, 7) is 0. The summed E-state index contributed by atoms with van der Waals surface area (Å²) in [5, 5.41) is 0.280. The van der Waals surface area contributed by atoms with E-state index in [1.54, 1.807) is 6.20 Å². The molecule has 0 aliphatic carbocycles. The number of pyridine rings is 1. The summed E-state index contributed by atoms with van der Waals surface area (Å²) in [4.78, 5) is 16.0. The van der Waals surface area contributed by atoms with Crippen LogP contribution in [0.15, 0.2) is 42.6 Å². The molecule has 4 heteroatoms. The Morgan fingerprint density at radius 2 is 2.11 bits per heavy atom. The average molecular weight is 264 g/mol. The molecule has 1 heterocycles. The van der Waals surface area contributed by atoms with E-state index in [2.05, 4.69) is 4.98 Å². The number of nitrogens with zero attached hydrogens (tertiary/aromatic N) is 1. The van der Waals surface area contributed by atoms with Crippen molar-refractivity contribution in [3.05, 3.63) is 64.7 Å². The summed E-state index contributed by atoms with van der Waals surface area (Å²) in [7, 11) is 0. The van der Waals surface area contributed by atoms with Crippen molar-refractivity contribution < 1.29 is 9.18 Å². The van der Waals surface area contributed by atoms with Crippen LogP contribution in [0.25, 0.3) is 0 Å². The second-order valence-corrected chi connectivity index (χ2v) is 4.28. The monoisotopic (exact) mass is 263 g/mol. The van der Waals surface area contributed by atoms with Crippen LogP contribution < -0.4 is 0 Å². The van der Waals surface area contributed by atoms with Gasteiger partial charge in [0.1, 0.15) is 5.82 Å². The van der Waals surface area contributed by atoms with Crippen LogP contribution in [-0.2, 0) is 6.42 Å². The van der Waals surface area contributed by atoms with Gasteiger partial charge in [-0.25, -0.2) is 4.39 Å². The Hall–Kier alpha value is -1.74. The number of aryl methyl sites for hydroxylation is 1. The lowest BCUT2D eigenvalue weighted by molar-refractivity contribution is 0.0982. The van der Waals surface area contributed by atoms with E-state index in [0.717, 1.165) is 5.69 Å². The van der Waals surface area contributed by atoms with Gasteiger partial charge in [0.05, 0.1) is 5.02 Å². The highest BCUT2D eigenvalue weighted by Gasteiger charge is 2.11. The summed E-state index contributed by atoms with van der Waals surface area (Å²) in [6, 6.07) is 9.32. The van der Waals surface area contributed by atoms with Crippen molar-refractivity contribution in [3.63, 3.8) is 0 Å². The minimum absolute atomic E-state index is 0.176. The molecule has 0 N–H and O–H groups in total. The minimum atomic E-state index is -0.458. The number of carbonyl (C=O) groups excluding carboxylic acids is 1. The summed E-state index contributed by atoms with van der Waals surface area (Å²) >= 11 is 5.87. The first kappa shape index (κ1) is 12.7. The third-order valence-electron chi connectivity index (χ3n) is 2.56. The van der Waals surface area contributed by atoms with Gasteiger partial charge in [-0.2, -0.15) is 0 Å². The zero-order chi connectivity index (χ0) is 13.0. The lowest BCUT2D eigenvalue weighted by Gasteiger charge is -2.03. The third kappa shape index (κ3) is 3.14. The standard InChI is InChI=1S/C14H11ClFNO/c15-13-6-4-10(16)9-12(13)14(18)7-5-11-3-1-2-8-17-11/h1-4,6,8-9H,5,7H2. The Morgan fingerprint density at radius 1 is 1.28 bits per heavy atom. The van der Waals surface area contributed by atoms with Crippen LogP contribution in [0.4, 0.5) is 4.39 Å². The highest BCUT2D eigenvalue weighted by atomic mass is 35.5. The zero-order valence-electron chi connectivity index (χ0n) is 9.57. The van der Waals surface area contributed by atoms with Crippen molar-refractivity contribution in [1.29, 1.82) is 0 Å². The highest BCUT2D eigenvalue weighted by Crippen LogP contribution is 2.19. The molecule has 0 saturated carbocycles. The van der Waals surface area contributed by atoms with Gasteiger partial charge in [-0.15, -0.1) is 0 Å². The summed E-state index contributed by atoms with van der Waals surface area (Å²) < 4.78 is 13.0. The molecule has 2 rings (SSSR count). The number of hydrogen-bond donors (Lipinski definition) is 0. The predicted octanol–water partition coefficient (Wildman–Crippen LogP) is 3.69. The molecule has 1 aromatic carbocycles. The molecule has 0 radical (unpaired) electrons. The van der Waals surface area contributed by atoms with Gasteiger partial charge in [-0.05, 0) is 36.8 Å². The van der Waals surface area contributed by atoms with Gasteiger partial charge < -0.3 is 0 Å². The lowest BCUT2D eigenvalue weighted by Crippen LogP contribution is -2.03. The molecule has 0 aliphatic rings. The molecule has 0 bridgehead atoms. The van der Waals surface area contributed by atoms with Crippen molar-refractivity contribution in [2.45, 2.75) is 12.8 Å². The maximum absolute atomic E-state index is 13.0. The third-order valence-corrected chi connectivity index (χ3v) is 2.89. The SMILES string of the molecule is O=C(CCc1ccccn1)c1cc(F)ccc1Cl. The molecule has 0 atom stereocenters. The lowest BCUT2D eigenvalue weighted by atomic mass is 10.1. The molecule has 0 saturated heterocycles. The van der Waals surface area contributed by atoms with Crippen LogP contribution in [0, 0.1) is 5.82 Å². The van der Waals surface area contributed by atoms with E-state index in [1.807, 2.05) is 18.2 Å². The van der Waals surface area contributed by atoms with Crippen LogP contribution in [0.1, 0.15) is 22.5 Å². The fraction of sp³-hybridized carbons (Fsp3) is 0.143. The van der Waals surface area contributed by atoms with E-state index in [9.17, 15) is 9.18 Å². The second kappa shape index (κ2) is 5.74. The quantitative estimate of drug-likeness (QED) is 0.788. The number of benzene rings is 1. The van der Waals surface area contributed by atoms with Crippen molar-refractivity contribution in [2.75, 3.05) is 0 Å². The number of aromatic nitrogens is 1. The number of ketones is 1. The maximum atomic E-state index is 13.0. The van der Waals surface area contributed by atoms with Crippen LogP contribution >= 0.6 is 11.6 Å². The van der Waals surface area contributed by atoms with E-state index in [0.29, 0.717) is 6.42 Å². The first-order valence-corrected chi connectivity index (χ1v) is 5.93. The van der Waals surface area contributed by atoms with Crippen LogP contribution in [0.2, 0.25) is 5.02 Å². The summed E-state index contributed by atoms with van der Waals surface area (Å²) in [5.74, 6) is -0.634. The second-order valence-electron chi connectivity index (χ2n) is 3.87. The molecule has 0 unspecified atom stereocenters. The van der Waals surface area contributed by atoms with Crippen molar-refractivity contribution in [1.82, 2.24) is 4.98 Å². The van der Waals surface area contributed by atoms with E-state index in [4.69, 9.17) is 11.6 Å². The molecule has 0 aliphatic heterocycles. The number of halogens is 2. The Morgan fingerprint density at radius 3 is 2.83 bits per heavy atom. The Labute approximate surface area is 109 Å². The normalized spacial score (nSPS) is 10.3. The molecular weight excluding hydrogens is 253 g/mol. The Bertz CT molecular complexity index is 557. The number of rotatable bonds is 4. The topological polar surface area (TPSA) is 30.0 Å². The van der Waals surface area contributed by atoms with Gasteiger partial charge in [0.25, 0.3) is 0 Å².